The average Bonchev–Trinajstić information content (AvgIpc) is 2.48. The Bertz CT molecular complexity index is 438. The normalized spacial score (nSPS) is 14.9. The van der Waals surface area contributed by atoms with Gasteiger partial charge in [0.1, 0.15) is 5.75 Å². The van der Waals surface area contributed by atoms with Gasteiger partial charge in [-0.1, -0.05) is 18.2 Å². The number of hydrogen-bond acceptors (Lipinski definition) is 4. The lowest BCUT2D eigenvalue weighted by atomic mass is 10.1. The largest absolute Gasteiger partial charge is 0.496 e. The third kappa shape index (κ3) is 5.36. The van der Waals surface area contributed by atoms with Gasteiger partial charge in [0.15, 0.2) is 0 Å². The molecule has 1 fully saturated rings. The van der Waals surface area contributed by atoms with Crippen LogP contribution in [0, 0.1) is 0 Å². The molecule has 0 aromatic heterocycles. The fourth-order valence-electron chi connectivity index (χ4n) is 2.36. The molecule has 21 heavy (non-hydrogen) atoms. The number of halogens is 2. The van der Waals surface area contributed by atoms with Crippen LogP contribution in [0.5, 0.6) is 5.75 Å². The van der Waals surface area contributed by atoms with E-state index in [0.717, 1.165) is 38.5 Å². The predicted octanol–water partition coefficient (Wildman–Crippen LogP) is 1.14. The Morgan fingerprint density at radius 1 is 1.19 bits per heavy atom. The van der Waals surface area contributed by atoms with E-state index >= 15 is 0 Å². The van der Waals surface area contributed by atoms with Crippen molar-refractivity contribution < 1.29 is 9.53 Å². The minimum absolute atomic E-state index is 0. The van der Waals surface area contributed by atoms with Crippen molar-refractivity contribution in [2.75, 3.05) is 39.8 Å². The molecule has 0 spiro atoms. The molecule has 0 aliphatic carbocycles. The number of rotatable bonds is 4. The number of methoxy groups -OCH3 is 1. The van der Waals surface area contributed by atoms with Crippen molar-refractivity contribution in [1.82, 2.24) is 9.80 Å². The Hall–Kier alpha value is -1.01. The molecular formula is C14H23Cl2N3O2. The van der Waals surface area contributed by atoms with Crippen LogP contribution in [0.4, 0.5) is 0 Å². The molecule has 2 rings (SSSR count). The maximum Gasteiger partial charge on any atom is 0.236 e. The van der Waals surface area contributed by atoms with E-state index in [1.54, 1.807) is 7.11 Å². The first-order valence-electron chi connectivity index (χ1n) is 6.56. The zero-order valence-electron chi connectivity index (χ0n) is 12.2. The lowest BCUT2D eigenvalue weighted by Gasteiger charge is -2.34. The summed E-state index contributed by atoms with van der Waals surface area (Å²) in [5.41, 5.74) is 6.56. The highest BCUT2D eigenvalue weighted by molar-refractivity contribution is 5.85. The first-order valence-corrected chi connectivity index (χ1v) is 6.56. The van der Waals surface area contributed by atoms with Gasteiger partial charge in [0, 0.05) is 38.3 Å². The standard InChI is InChI=1S/C14H21N3O2.2ClH/c1-19-13-5-3-2-4-12(13)11-16-6-8-17(9-7-16)14(18)10-15;;/h2-5H,6-11,15H2,1H3;2*1H. The number of para-hydroxylation sites is 1. The average molecular weight is 336 g/mol. The molecule has 2 N–H and O–H groups in total. The van der Waals surface area contributed by atoms with E-state index < -0.39 is 0 Å². The van der Waals surface area contributed by atoms with E-state index in [-0.39, 0.29) is 37.3 Å². The van der Waals surface area contributed by atoms with Crippen LogP contribution in [-0.4, -0.2) is 55.5 Å². The Morgan fingerprint density at radius 3 is 2.38 bits per heavy atom. The van der Waals surface area contributed by atoms with Crippen molar-refractivity contribution in [3.8, 4) is 5.75 Å². The topological polar surface area (TPSA) is 58.8 Å². The molecule has 1 saturated heterocycles. The van der Waals surface area contributed by atoms with Gasteiger partial charge in [0.25, 0.3) is 0 Å². The van der Waals surface area contributed by atoms with Crippen LogP contribution in [0.3, 0.4) is 0 Å². The molecule has 1 amide bonds. The molecule has 0 radical (unpaired) electrons. The van der Waals surface area contributed by atoms with Gasteiger partial charge in [-0.3, -0.25) is 9.69 Å². The molecule has 1 aromatic carbocycles. The number of amides is 1. The zero-order chi connectivity index (χ0) is 13.7. The smallest absolute Gasteiger partial charge is 0.236 e. The maximum absolute atomic E-state index is 11.5. The van der Waals surface area contributed by atoms with Crippen LogP contribution in [0.1, 0.15) is 5.56 Å². The van der Waals surface area contributed by atoms with Crippen molar-refractivity contribution in [3.63, 3.8) is 0 Å². The number of piperazine rings is 1. The zero-order valence-corrected chi connectivity index (χ0v) is 13.8. The number of ether oxygens (including phenoxy) is 1. The summed E-state index contributed by atoms with van der Waals surface area (Å²) in [6.07, 6.45) is 0. The van der Waals surface area contributed by atoms with Gasteiger partial charge in [-0.05, 0) is 6.07 Å². The molecule has 0 unspecified atom stereocenters. The lowest BCUT2D eigenvalue weighted by Crippen LogP contribution is -2.49. The van der Waals surface area contributed by atoms with Gasteiger partial charge in [-0.2, -0.15) is 0 Å². The number of carbonyl (C=O) groups is 1. The highest BCUT2D eigenvalue weighted by atomic mass is 35.5. The summed E-state index contributed by atoms with van der Waals surface area (Å²) in [6, 6.07) is 8.05. The maximum atomic E-state index is 11.5. The van der Waals surface area contributed by atoms with Crippen LogP contribution < -0.4 is 10.5 Å². The molecule has 1 heterocycles. The monoisotopic (exact) mass is 335 g/mol. The molecule has 0 atom stereocenters. The van der Waals surface area contributed by atoms with Crippen LogP contribution in [0.25, 0.3) is 0 Å². The number of carbonyl (C=O) groups excluding carboxylic acids is 1. The summed E-state index contributed by atoms with van der Waals surface area (Å²) >= 11 is 0. The summed E-state index contributed by atoms with van der Waals surface area (Å²) in [4.78, 5) is 15.7. The molecule has 0 saturated carbocycles. The van der Waals surface area contributed by atoms with E-state index in [1.165, 1.54) is 5.56 Å². The van der Waals surface area contributed by atoms with Crippen molar-refractivity contribution >= 4 is 30.7 Å². The number of hydrogen-bond donors (Lipinski definition) is 1. The quantitative estimate of drug-likeness (QED) is 0.896. The molecule has 120 valence electrons. The van der Waals surface area contributed by atoms with E-state index in [9.17, 15) is 4.79 Å². The third-order valence-corrected chi connectivity index (χ3v) is 3.49. The molecular weight excluding hydrogens is 313 g/mol. The van der Waals surface area contributed by atoms with E-state index in [1.807, 2.05) is 23.1 Å². The summed E-state index contributed by atoms with van der Waals surface area (Å²) in [5, 5.41) is 0. The highest BCUT2D eigenvalue weighted by Crippen LogP contribution is 2.19. The summed E-state index contributed by atoms with van der Waals surface area (Å²) in [6.45, 7) is 4.23. The minimum atomic E-state index is 0. The Kier molecular flexibility index (Phi) is 9.37. The Labute approximate surface area is 138 Å². The van der Waals surface area contributed by atoms with Crippen molar-refractivity contribution in [2.45, 2.75) is 6.54 Å². The lowest BCUT2D eigenvalue weighted by molar-refractivity contribution is -0.131. The van der Waals surface area contributed by atoms with Crippen LogP contribution >= 0.6 is 24.8 Å². The molecule has 0 bridgehead atoms. The predicted molar refractivity (Wildman–Crippen MR) is 88.4 cm³/mol. The van der Waals surface area contributed by atoms with Crippen LogP contribution in [0.2, 0.25) is 0 Å². The molecule has 1 aliphatic rings. The van der Waals surface area contributed by atoms with Gasteiger partial charge >= 0.3 is 0 Å². The van der Waals surface area contributed by atoms with Crippen molar-refractivity contribution in [2.24, 2.45) is 5.73 Å². The summed E-state index contributed by atoms with van der Waals surface area (Å²) < 4.78 is 5.36. The fourth-order valence-corrected chi connectivity index (χ4v) is 2.36. The SMILES string of the molecule is COc1ccccc1CN1CCN(C(=O)CN)CC1.Cl.Cl. The highest BCUT2D eigenvalue weighted by Gasteiger charge is 2.20. The van der Waals surface area contributed by atoms with Gasteiger partial charge in [0.05, 0.1) is 13.7 Å². The summed E-state index contributed by atoms with van der Waals surface area (Å²) in [7, 11) is 1.69. The Balaban J connectivity index is 0.00000200. The number of nitrogens with zero attached hydrogens (tertiary/aromatic N) is 2. The van der Waals surface area contributed by atoms with Gasteiger partial charge in [-0.25, -0.2) is 0 Å². The molecule has 1 aliphatic heterocycles. The minimum Gasteiger partial charge on any atom is -0.496 e. The van der Waals surface area contributed by atoms with Gasteiger partial charge in [-0.15, -0.1) is 24.8 Å². The number of benzene rings is 1. The fraction of sp³-hybridized carbons (Fsp3) is 0.500. The van der Waals surface area contributed by atoms with Gasteiger partial charge < -0.3 is 15.4 Å². The van der Waals surface area contributed by atoms with E-state index in [2.05, 4.69) is 11.0 Å². The van der Waals surface area contributed by atoms with Crippen molar-refractivity contribution in [3.05, 3.63) is 29.8 Å². The number of nitrogens with two attached hydrogens (primary N) is 1. The second-order valence-corrected chi connectivity index (χ2v) is 4.67. The van der Waals surface area contributed by atoms with Crippen molar-refractivity contribution in [1.29, 1.82) is 0 Å². The summed E-state index contributed by atoms with van der Waals surface area (Å²) in [5.74, 6) is 0.958. The van der Waals surface area contributed by atoms with E-state index in [0.29, 0.717) is 0 Å². The second kappa shape index (κ2) is 9.84. The molecule has 5 nitrogen and oxygen atoms in total. The first-order chi connectivity index (χ1) is 9.24. The Morgan fingerprint density at radius 2 is 1.81 bits per heavy atom. The van der Waals surface area contributed by atoms with Crippen LogP contribution in [0.15, 0.2) is 24.3 Å². The van der Waals surface area contributed by atoms with E-state index in [4.69, 9.17) is 10.5 Å². The second-order valence-electron chi connectivity index (χ2n) is 4.67. The molecule has 1 aromatic rings. The van der Waals surface area contributed by atoms with Gasteiger partial charge in [0.2, 0.25) is 5.91 Å². The first kappa shape index (κ1) is 20.0. The molecule has 7 heteroatoms. The van der Waals surface area contributed by atoms with Crippen LogP contribution in [-0.2, 0) is 11.3 Å². The third-order valence-electron chi connectivity index (χ3n) is 3.49.